The van der Waals surface area contributed by atoms with Gasteiger partial charge >= 0.3 is 0 Å². The minimum atomic E-state index is 0.609. The second-order valence-electron chi connectivity index (χ2n) is 4.35. The largest absolute Gasteiger partial charge is 0.313 e. The maximum atomic E-state index is 5.86. The summed E-state index contributed by atoms with van der Waals surface area (Å²) in [6.45, 7) is 2.99. The smallest absolute Gasteiger partial charge is 0.158 e. The van der Waals surface area contributed by atoms with E-state index >= 15 is 0 Å². The molecule has 0 aliphatic carbocycles. The molecule has 0 N–H and O–H groups in total. The second kappa shape index (κ2) is 5.97. The first kappa shape index (κ1) is 13.7. The molecule has 6 heteroatoms. The Morgan fingerprint density at radius 2 is 2.17 bits per heavy atom. The molecular formula is C12H19ClN4S. The molecule has 0 radical (unpaired) electrons. The third kappa shape index (κ3) is 2.52. The van der Waals surface area contributed by atoms with E-state index in [2.05, 4.69) is 20.9 Å². The Morgan fingerprint density at radius 1 is 1.39 bits per heavy atom. The lowest BCUT2D eigenvalue weighted by Crippen LogP contribution is -2.09. The summed E-state index contributed by atoms with van der Waals surface area (Å²) in [7, 11) is 1.98. The maximum Gasteiger partial charge on any atom is 0.158 e. The Hall–Kier alpha value is -0.680. The number of aromatic nitrogens is 4. The lowest BCUT2D eigenvalue weighted by Gasteiger charge is -2.08. The Kier molecular flexibility index (Phi) is 4.56. The van der Waals surface area contributed by atoms with E-state index in [9.17, 15) is 0 Å². The summed E-state index contributed by atoms with van der Waals surface area (Å²) >= 11 is 7.74. The molecule has 0 unspecified atom stereocenters. The summed E-state index contributed by atoms with van der Waals surface area (Å²) in [4.78, 5) is 4.69. The number of hydrogen-bond donors (Lipinski definition) is 0. The molecule has 0 saturated carbocycles. The standard InChI is InChI=1S/C12H19ClN4S/c1-9-11-12(16(2)15-9)17(7-4-8-18-3)10(14-11)5-6-13/h4-8H2,1-3H3. The van der Waals surface area contributed by atoms with Crippen molar-refractivity contribution in [1.82, 2.24) is 19.3 Å². The number of nitrogens with zero attached hydrogens (tertiary/aromatic N) is 4. The summed E-state index contributed by atoms with van der Waals surface area (Å²) in [5, 5.41) is 4.44. The summed E-state index contributed by atoms with van der Waals surface area (Å²) in [5.74, 6) is 2.85. The molecule has 0 aliphatic heterocycles. The fraction of sp³-hybridized carbons (Fsp3) is 0.667. The molecule has 0 aliphatic rings. The van der Waals surface area contributed by atoms with E-state index in [0.29, 0.717) is 5.88 Å². The van der Waals surface area contributed by atoms with Crippen LogP contribution < -0.4 is 0 Å². The van der Waals surface area contributed by atoms with Crippen molar-refractivity contribution in [3.8, 4) is 0 Å². The van der Waals surface area contributed by atoms with E-state index in [1.165, 1.54) is 0 Å². The zero-order valence-corrected chi connectivity index (χ0v) is 12.7. The minimum Gasteiger partial charge on any atom is -0.313 e. The normalized spacial score (nSPS) is 11.6. The van der Waals surface area contributed by atoms with Gasteiger partial charge in [0.15, 0.2) is 5.65 Å². The van der Waals surface area contributed by atoms with Crippen LogP contribution in [-0.2, 0) is 20.0 Å². The SMILES string of the molecule is CSCCCn1c(CCCl)nc2c(C)nn(C)c21. The van der Waals surface area contributed by atoms with Crippen LogP contribution in [0.15, 0.2) is 0 Å². The summed E-state index contributed by atoms with van der Waals surface area (Å²) in [6.07, 6.45) is 4.10. The van der Waals surface area contributed by atoms with Gasteiger partial charge in [-0.05, 0) is 25.4 Å². The third-order valence-electron chi connectivity index (χ3n) is 3.02. The van der Waals surface area contributed by atoms with Crippen molar-refractivity contribution in [2.24, 2.45) is 7.05 Å². The number of halogens is 1. The molecule has 100 valence electrons. The average Bonchev–Trinajstić information content (AvgIpc) is 2.81. The van der Waals surface area contributed by atoms with Crippen LogP contribution in [0.25, 0.3) is 11.2 Å². The highest BCUT2D eigenvalue weighted by Gasteiger charge is 2.16. The number of thioether (sulfide) groups is 1. The first-order valence-electron chi connectivity index (χ1n) is 6.12. The van der Waals surface area contributed by atoms with E-state index < -0.39 is 0 Å². The molecule has 0 bridgehead atoms. The van der Waals surface area contributed by atoms with Gasteiger partial charge in [-0.1, -0.05) is 0 Å². The lowest BCUT2D eigenvalue weighted by atomic mass is 10.4. The molecular weight excluding hydrogens is 268 g/mol. The van der Waals surface area contributed by atoms with Crippen molar-refractivity contribution in [3.05, 3.63) is 11.5 Å². The van der Waals surface area contributed by atoms with Crippen LogP contribution in [0.5, 0.6) is 0 Å². The van der Waals surface area contributed by atoms with Gasteiger partial charge in [0.05, 0.1) is 5.69 Å². The third-order valence-corrected chi connectivity index (χ3v) is 3.90. The molecule has 0 fully saturated rings. The van der Waals surface area contributed by atoms with Gasteiger partial charge in [0.25, 0.3) is 0 Å². The van der Waals surface area contributed by atoms with E-state index in [-0.39, 0.29) is 0 Å². The van der Waals surface area contributed by atoms with Crippen LogP contribution in [0.1, 0.15) is 17.9 Å². The van der Waals surface area contributed by atoms with Gasteiger partial charge in [-0.2, -0.15) is 16.9 Å². The van der Waals surface area contributed by atoms with Crippen molar-refractivity contribution < 1.29 is 0 Å². The molecule has 2 aromatic heterocycles. The molecule has 0 saturated heterocycles. The topological polar surface area (TPSA) is 35.6 Å². The molecule has 4 nitrogen and oxygen atoms in total. The van der Waals surface area contributed by atoms with Crippen molar-refractivity contribution >= 4 is 34.5 Å². The van der Waals surface area contributed by atoms with Crippen LogP contribution in [-0.4, -0.2) is 37.2 Å². The Morgan fingerprint density at radius 3 is 2.83 bits per heavy atom. The Balaban J connectivity index is 2.40. The molecule has 2 rings (SSSR count). The fourth-order valence-electron chi connectivity index (χ4n) is 2.26. The number of imidazole rings is 1. The van der Waals surface area contributed by atoms with E-state index in [0.717, 1.165) is 47.8 Å². The Bertz CT molecular complexity index is 532. The van der Waals surface area contributed by atoms with E-state index in [1.807, 2.05) is 30.4 Å². The van der Waals surface area contributed by atoms with Gasteiger partial charge in [-0.3, -0.25) is 4.68 Å². The van der Waals surface area contributed by atoms with Crippen molar-refractivity contribution in [2.75, 3.05) is 17.9 Å². The molecule has 0 aromatic carbocycles. The van der Waals surface area contributed by atoms with E-state index in [4.69, 9.17) is 11.6 Å². The lowest BCUT2D eigenvalue weighted by molar-refractivity contribution is 0.634. The predicted octanol–water partition coefficient (Wildman–Crippen LogP) is 2.61. The molecule has 0 amide bonds. The van der Waals surface area contributed by atoms with Crippen LogP contribution in [0.4, 0.5) is 0 Å². The van der Waals surface area contributed by atoms with Crippen LogP contribution in [0, 0.1) is 6.92 Å². The molecule has 2 heterocycles. The molecule has 2 aromatic rings. The van der Waals surface area contributed by atoms with Crippen LogP contribution in [0.2, 0.25) is 0 Å². The molecule has 0 spiro atoms. The average molecular weight is 287 g/mol. The summed E-state index contributed by atoms with van der Waals surface area (Å²) < 4.78 is 4.20. The number of alkyl halides is 1. The number of fused-ring (bicyclic) bond motifs is 1. The number of rotatable bonds is 6. The summed E-state index contributed by atoms with van der Waals surface area (Å²) in [5.41, 5.74) is 3.13. The zero-order chi connectivity index (χ0) is 13.1. The van der Waals surface area contributed by atoms with Gasteiger partial charge in [-0.15, -0.1) is 11.6 Å². The first-order chi connectivity index (χ1) is 8.69. The zero-order valence-electron chi connectivity index (χ0n) is 11.1. The van der Waals surface area contributed by atoms with Gasteiger partial charge in [0.2, 0.25) is 0 Å². The van der Waals surface area contributed by atoms with E-state index in [1.54, 1.807) is 0 Å². The molecule has 18 heavy (non-hydrogen) atoms. The highest BCUT2D eigenvalue weighted by molar-refractivity contribution is 7.98. The number of aryl methyl sites for hydroxylation is 4. The van der Waals surface area contributed by atoms with Gasteiger partial charge in [-0.25, -0.2) is 4.98 Å². The van der Waals surface area contributed by atoms with Crippen LogP contribution >= 0.6 is 23.4 Å². The van der Waals surface area contributed by atoms with Crippen LogP contribution in [0.3, 0.4) is 0 Å². The minimum absolute atomic E-state index is 0.609. The fourth-order valence-corrected chi connectivity index (χ4v) is 2.84. The highest BCUT2D eigenvalue weighted by Crippen LogP contribution is 2.20. The Labute approximate surface area is 117 Å². The van der Waals surface area contributed by atoms with Crippen molar-refractivity contribution in [2.45, 2.75) is 26.3 Å². The van der Waals surface area contributed by atoms with Crippen molar-refractivity contribution in [1.29, 1.82) is 0 Å². The first-order valence-corrected chi connectivity index (χ1v) is 8.05. The predicted molar refractivity (Wildman–Crippen MR) is 78.7 cm³/mol. The monoisotopic (exact) mass is 286 g/mol. The van der Waals surface area contributed by atoms with Gasteiger partial charge < -0.3 is 4.57 Å². The second-order valence-corrected chi connectivity index (χ2v) is 5.71. The quantitative estimate of drug-likeness (QED) is 0.605. The van der Waals surface area contributed by atoms with Gasteiger partial charge in [0, 0.05) is 25.9 Å². The molecule has 0 atom stereocenters. The van der Waals surface area contributed by atoms with Gasteiger partial charge in [0.1, 0.15) is 11.3 Å². The highest BCUT2D eigenvalue weighted by atomic mass is 35.5. The maximum absolute atomic E-state index is 5.86. The van der Waals surface area contributed by atoms with Crippen molar-refractivity contribution in [3.63, 3.8) is 0 Å². The summed E-state index contributed by atoms with van der Waals surface area (Å²) in [6, 6.07) is 0. The number of hydrogen-bond acceptors (Lipinski definition) is 3.